The number of nitrogens with zero attached hydrogens (tertiary/aromatic N) is 1. The molecule has 0 amide bonds. The molecule has 0 aliphatic rings. The summed E-state index contributed by atoms with van der Waals surface area (Å²) in [6.07, 6.45) is 0.952. The number of carboxylic acid groups (broad SMARTS) is 1. The normalized spacial score (nSPS) is 12.7. The van der Waals surface area contributed by atoms with Gasteiger partial charge in [0.15, 0.2) is 0 Å². The van der Waals surface area contributed by atoms with Crippen molar-refractivity contribution in [1.29, 1.82) is 0 Å². The topological polar surface area (TPSA) is 49.8 Å². The van der Waals surface area contributed by atoms with Gasteiger partial charge in [-0.3, -0.25) is 11.8 Å². The van der Waals surface area contributed by atoms with Gasteiger partial charge in [0.05, 0.1) is 6.61 Å². The molecular formula is C10H20KNO3. The number of hydrogen-bond donors (Lipinski definition) is 1. The summed E-state index contributed by atoms with van der Waals surface area (Å²) in [5.41, 5.74) is 0. The van der Waals surface area contributed by atoms with Gasteiger partial charge in [0, 0.05) is 6.61 Å². The molecule has 1 unspecified atom stereocenters. The van der Waals surface area contributed by atoms with Crippen LogP contribution < -0.4 is 51.4 Å². The summed E-state index contributed by atoms with van der Waals surface area (Å²) in [4.78, 5) is 12.1. The predicted octanol–water partition coefficient (Wildman–Crippen LogP) is -1.77. The smallest absolute Gasteiger partial charge is 0.480 e. The number of likely N-dealkylation sites (N-methyl/N-ethyl adjacent to an activating group) is 1. The Hall–Kier alpha value is 1.03. The van der Waals surface area contributed by atoms with Crippen LogP contribution in [0.4, 0.5) is 0 Å². The van der Waals surface area contributed by atoms with Crippen molar-refractivity contribution in [1.82, 2.24) is 4.90 Å². The molecule has 5 heteroatoms. The van der Waals surface area contributed by atoms with E-state index in [2.05, 4.69) is 20.9 Å². The van der Waals surface area contributed by atoms with Crippen molar-refractivity contribution in [3.05, 3.63) is 7.05 Å². The molecule has 1 N–H and O–H groups in total. The summed E-state index contributed by atoms with van der Waals surface area (Å²) in [6.45, 7) is 5.01. The molecule has 15 heavy (non-hydrogen) atoms. The summed E-state index contributed by atoms with van der Waals surface area (Å²) in [5.74, 6) is -0.317. The van der Waals surface area contributed by atoms with E-state index in [9.17, 15) is 4.79 Å². The van der Waals surface area contributed by atoms with E-state index >= 15 is 0 Å². The monoisotopic (exact) mass is 241 g/mol. The number of rotatable bonds is 7. The van der Waals surface area contributed by atoms with Crippen LogP contribution in [0, 0.1) is 13.0 Å². The minimum Gasteiger partial charge on any atom is -0.480 e. The summed E-state index contributed by atoms with van der Waals surface area (Å²) in [7, 11) is 5.18. The van der Waals surface area contributed by atoms with E-state index in [1.165, 1.54) is 4.90 Å². The first-order valence-corrected chi connectivity index (χ1v) is 4.79. The van der Waals surface area contributed by atoms with Crippen LogP contribution in [0.3, 0.4) is 0 Å². The van der Waals surface area contributed by atoms with E-state index in [0.29, 0.717) is 12.5 Å². The van der Waals surface area contributed by atoms with Gasteiger partial charge in [-0.1, -0.05) is 13.8 Å². The third-order valence-corrected chi connectivity index (χ3v) is 1.93. The molecule has 0 spiro atoms. The van der Waals surface area contributed by atoms with Crippen molar-refractivity contribution >= 4 is 5.97 Å². The first-order chi connectivity index (χ1) is 6.45. The molecule has 84 valence electrons. The maximum Gasteiger partial charge on any atom is 1.00 e. The Bertz CT molecular complexity index is 174. The van der Waals surface area contributed by atoms with Gasteiger partial charge in [-0.05, 0) is 19.4 Å². The second-order valence-electron chi connectivity index (χ2n) is 3.87. The molecule has 0 rings (SSSR count). The summed E-state index contributed by atoms with van der Waals surface area (Å²) in [6, 6.07) is -0.651. The Kier molecular flexibility index (Phi) is 12.5. The first-order valence-electron chi connectivity index (χ1n) is 4.79. The zero-order valence-corrected chi connectivity index (χ0v) is 13.3. The quantitative estimate of drug-likeness (QED) is 0.326. The van der Waals surface area contributed by atoms with Crippen LogP contribution in [0.5, 0.6) is 0 Å². The van der Waals surface area contributed by atoms with E-state index in [1.807, 2.05) is 0 Å². The average Bonchev–Trinajstić information content (AvgIpc) is 2.01. The molecule has 0 saturated heterocycles. The number of ether oxygens (including phenoxy) is 1. The standard InChI is InChI=1S/C10H20NO3.K/c1-8(2)5-6-14-7-9(10(12)13)11(3)4;/h8-9H,3,5-7H2,1-2,4H3,(H,12,13);/q-1;+1. The van der Waals surface area contributed by atoms with Crippen LogP contribution in [0.25, 0.3) is 0 Å². The fourth-order valence-corrected chi connectivity index (χ4v) is 0.901. The Morgan fingerprint density at radius 3 is 2.40 bits per heavy atom. The van der Waals surface area contributed by atoms with Crippen molar-refractivity contribution in [3.63, 3.8) is 0 Å². The second-order valence-corrected chi connectivity index (χ2v) is 3.87. The molecule has 4 nitrogen and oxygen atoms in total. The molecule has 0 bridgehead atoms. The largest absolute Gasteiger partial charge is 1.00 e. The van der Waals surface area contributed by atoms with Crippen molar-refractivity contribution in [3.8, 4) is 0 Å². The van der Waals surface area contributed by atoms with Gasteiger partial charge in [-0.2, -0.15) is 0 Å². The van der Waals surface area contributed by atoms with Crippen molar-refractivity contribution < 1.29 is 66.0 Å². The Morgan fingerprint density at radius 2 is 2.07 bits per heavy atom. The van der Waals surface area contributed by atoms with Crippen LogP contribution >= 0.6 is 0 Å². The summed E-state index contributed by atoms with van der Waals surface area (Å²) < 4.78 is 5.27. The Morgan fingerprint density at radius 1 is 1.53 bits per heavy atom. The molecule has 0 aromatic rings. The van der Waals surface area contributed by atoms with E-state index in [1.54, 1.807) is 7.05 Å². The third kappa shape index (κ3) is 9.93. The van der Waals surface area contributed by atoms with Crippen LogP contribution in [-0.4, -0.2) is 42.3 Å². The molecule has 1 atom stereocenters. The molecular weight excluding hydrogens is 221 g/mol. The van der Waals surface area contributed by atoms with Crippen LogP contribution in [0.15, 0.2) is 0 Å². The number of aliphatic carboxylic acids is 1. The van der Waals surface area contributed by atoms with Crippen molar-refractivity contribution in [2.24, 2.45) is 5.92 Å². The maximum atomic E-state index is 10.7. The first kappa shape index (κ1) is 18.4. The molecule has 0 saturated carbocycles. The van der Waals surface area contributed by atoms with Gasteiger partial charge < -0.3 is 14.7 Å². The fraction of sp³-hybridized carbons (Fsp3) is 0.800. The molecule has 0 aliphatic carbocycles. The number of hydrogen-bond acceptors (Lipinski definition) is 3. The molecule has 0 radical (unpaired) electrons. The average molecular weight is 241 g/mol. The van der Waals surface area contributed by atoms with Crippen LogP contribution in [-0.2, 0) is 9.53 Å². The van der Waals surface area contributed by atoms with Crippen molar-refractivity contribution in [2.75, 3.05) is 20.3 Å². The van der Waals surface area contributed by atoms with Crippen LogP contribution in [0.2, 0.25) is 0 Å². The molecule has 0 fully saturated rings. The molecule has 0 aromatic heterocycles. The van der Waals surface area contributed by atoms with Crippen molar-refractivity contribution in [2.45, 2.75) is 26.3 Å². The van der Waals surface area contributed by atoms with Gasteiger partial charge >= 0.3 is 57.4 Å². The Balaban J connectivity index is 0. The zero-order valence-electron chi connectivity index (χ0n) is 10.2. The van der Waals surface area contributed by atoms with Gasteiger partial charge in [-0.15, -0.1) is 0 Å². The maximum absolute atomic E-state index is 10.7. The third-order valence-electron chi connectivity index (χ3n) is 1.93. The summed E-state index contributed by atoms with van der Waals surface area (Å²) >= 11 is 0. The van der Waals surface area contributed by atoms with E-state index in [0.717, 1.165) is 6.42 Å². The SMILES string of the molecule is [CH2-]N(C)C(COCCC(C)C)C(=O)O.[K+]. The molecule has 0 heterocycles. The van der Waals surface area contributed by atoms with Gasteiger partial charge in [-0.25, -0.2) is 0 Å². The van der Waals surface area contributed by atoms with Gasteiger partial charge in [0.25, 0.3) is 0 Å². The second kappa shape index (κ2) is 10.2. The van der Waals surface area contributed by atoms with E-state index in [4.69, 9.17) is 9.84 Å². The van der Waals surface area contributed by atoms with Gasteiger partial charge in [0.2, 0.25) is 0 Å². The minimum absolute atomic E-state index is 0. The van der Waals surface area contributed by atoms with E-state index < -0.39 is 12.0 Å². The minimum atomic E-state index is -0.896. The fourth-order valence-electron chi connectivity index (χ4n) is 0.901. The van der Waals surface area contributed by atoms with Gasteiger partial charge in [0.1, 0.15) is 6.04 Å². The summed E-state index contributed by atoms with van der Waals surface area (Å²) in [5, 5.41) is 8.79. The molecule has 0 aliphatic heterocycles. The zero-order chi connectivity index (χ0) is 11.1. The number of carboxylic acids is 1. The van der Waals surface area contributed by atoms with E-state index in [-0.39, 0.29) is 58.0 Å². The Labute approximate surface area is 135 Å². The number of carbonyl (C=O) groups is 1. The molecule has 0 aromatic carbocycles. The predicted molar refractivity (Wildman–Crippen MR) is 54.8 cm³/mol. The van der Waals surface area contributed by atoms with Crippen LogP contribution in [0.1, 0.15) is 20.3 Å².